The van der Waals surface area contributed by atoms with Crippen molar-refractivity contribution in [2.24, 2.45) is 0 Å². The smallest absolute Gasteiger partial charge is 0.277 e. The molecule has 138 valence electrons. The summed E-state index contributed by atoms with van der Waals surface area (Å²) in [5, 5.41) is 8.73. The fraction of sp³-hybridized carbons (Fsp3) is 0.0476. The standard InChI is InChI=1S/C21H16N4O3/c26-20(24-28)16-7-5-14(6-8-16)13-25-18-4-2-1-3-17(18)23-19(21(25)27)15-9-11-22-12-10-15/h1-12,28H,13H2,(H,24,26). The van der Waals surface area contributed by atoms with Crippen LogP contribution in [-0.4, -0.2) is 25.6 Å². The second-order valence-electron chi connectivity index (χ2n) is 6.21. The van der Waals surface area contributed by atoms with E-state index in [0.717, 1.165) is 11.1 Å². The van der Waals surface area contributed by atoms with Crippen molar-refractivity contribution < 1.29 is 10.0 Å². The van der Waals surface area contributed by atoms with Crippen LogP contribution in [0.15, 0.2) is 77.9 Å². The van der Waals surface area contributed by atoms with E-state index >= 15 is 0 Å². The Labute approximate surface area is 159 Å². The summed E-state index contributed by atoms with van der Waals surface area (Å²) in [5.41, 5.74) is 5.07. The number of nitrogens with one attached hydrogen (secondary N) is 1. The molecule has 7 nitrogen and oxygen atoms in total. The summed E-state index contributed by atoms with van der Waals surface area (Å²) in [6.45, 7) is 0.320. The zero-order valence-electron chi connectivity index (χ0n) is 14.7. The number of benzene rings is 2. The normalized spacial score (nSPS) is 10.8. The van der Waals surface area contributed by atoms with Gasteiger partial charge in [0.25, 0.3) is 11.5 Å². The van der Waals surface area contributed by atoms with Gasteiger partial charge in [-0.05, 0) is 42.0 Å². The van der Waals surface area contributed by atoms with Crippen LogP contribution in [0.3, 0.4) is 0 Å². The number of carbonyl (C=O) groups excluding carboxylic acids is 1. The molecule has 2 N–H and O–H groups in total. The summed E-state index contributed by atoms with van der Waals surface area (Å²) in [6.07, 6.45) is 3.25. The highest BCUT2D eigenvalue weighted by atomic mass is 16.5. The largest absolute Gasteiger partial charge is 0.300 e. The Kier molecular flexibility index (Phi) is 4.65. The maximum absolute atomic E-state index is 13.2. The lowest BCUT2D eigenvalue weighted by atomic mass is 10.1. The third-order valence-electron chi connectivity index (χ3n) is 4.46. The van der Waals surface area contributed by atoms with Gasteiger partial charge < -0.3 is 4.57 Å². The van der Waals surface area contributed by atoms with Crippen LogP contribution >= 0.6 is 0 Å². The molecule has 1 amide bonds. The highest BCUT2D eigenvalue weighted by molar-refractivity contribution is 5.93. The van der Waals surface area contributed by atoms with E-state index in [1.165, 1.54) is 0 Å². The molecule has 28 heavy (non-hydrogen) atoms. The van der Waals surface area contributed by atoms with E-state index in [0.29, 0.717) is 28.9 Å². The molecule has 4 rings (SSSR count). The quantitative estimate of drug-likeness (QED) is 0.424. The molecule has 0 bridgehead atoms. The maximum Gasteiger partial charge on any atom is 0.277 e. The van der Waals surface area contributed by atoms with Crippen molar-refractivity contribution in [2.45, 2.75) is 6.54 Å². The first-order valence-electron chi connectivity index (χ1n) is 8.61. The number of carbonyl (C=O) groups is 1. The number of fused-ring (bicyclic) bond motifs is 1. The minimum Gasteiger partial charge on any atom is -0.300 e. The van der Waals surface area contributed by atoms with Crippen LogP contribution < -0.4 is 11.0 Å². The van der Waals surface area contributed by atoms with Gasteiger partial charge in [-0.25, -0.2) is 10.5 Å². The van der Waals surface area contributed by atoms with Crippen LogP contribution in [-0.2, 0) is 6.54 Å². The van der Waals surface area contributed by atoms with Crippen molar-refractivity contribution in [1.82, 2.24) is 20.0 Å². The molecule has 0 fully saturated rings. The van der Waals surface area contributed by atoms with Gasteiger partial charge in [-0.2, -0.15) is 0 Å². The fourth-order valence-electron chi connectivity index (χ4n) is 3.06. The second-order valence-corrected chi connectivity index (χ2v) is 6.21. The van der Waals surface area contributed by atoms with E-state index in [1.807, 2.05) is 24.3 Å². The number of pyridine rings is 1. The van der Waals surface area contributed by atoms with E-state index in [1.54, 1.807) is 58.8 Å². The Morgan fingerprint density at radius 1 is 1.00 bits per heavy atom. The average molecular weight is 372 g/mol. The highest BCUT2D eigenvalue weighted by Crippen LogP contribution is 2.18. The lowest BCUT2D eigenvalue weighted by molar-refractivity contribution is 0.0706. The molecule has 4 aromatic rings. The van der Waals surface area contributed by atoms with Gasteiger partial charge in [0, 0.05) is 23.5 Å². The molecule has 0 saturated carbocycles. The first kappa shape index (κ1) is 17.6. The molecule has 0 atom stereocenters. The minimum atomic E-state index is -0.585. The van der Waals surface area contributed by atoms with Crippen molar-refractivity contribution >= 4 is 16.9 Å². The molecule has 0 unspecified atom stereocenters. The molecule has 7 heteroatoms. The highest BCUT2D eigenvalue weighted by Gasteiger charge is 2.13. The molecular formula is C21H16N4O3. The molecule has 0 aliphatic carbocycles. The maximum atomic E-state index is 13.2. The first-order chi connectivity index (χ1) is 13.7. The lowest BCUT2D eigenvalue weighted by Crippen LogP contribution is -2.24. The summed E-state index contributed by atoms with van der Waals surface area (Å²) in [6, 6.07) is 17.7. The lowest BCUT2D eigenvalue weighted by Gasteiger charge is -2.13. The van der Waals surface area contributed by atoms with Gasteiger partial charge in [-0.3, -0.25) is 19.8 Å². The molecule has 0 spiro atoms. The third kappa shape index (κ3) is 3.26. The number of hydroxylamine groups is 1. The van der Waals surface area contributed by atoms with Crippen molar-refractivity contribution in [3.05, 3.63) is 94.5 Å². The number of rotatable bonds is 4. The topological polar surface area (TPSA) is 97.1 Å². The fourth-order valence-corrected chi connectivity index (χ4v) is 3.06. The van der Waals surface area contributed by atoms with Crippen molar-refractivity contribution in [3.8, 4) is 11.3 Å². The predicted molar refractivity (Wildman–Crippen MR) is 104 cm³/mol. The number of hydrogen-bond donors (Lipinski definition) is 2. The Hall–Kier alpha value is -3.84. The summed E-state index contributed by atoms with van der Waals surface area (Å²) < 4.78 is 1.67. The Morgan fingerprint density at radius 3 is 2.43 bits per heavy atom. The zero-order valence-corrected chi connectivity index (χ0v) is 14.7. The van der Waals surface area contributed by atoms with Crippen molar-refractivity contribution in [3.63, 3.8) is 0 Å². The molecule has 0 aliphatic rings. The monoisotopic (exact) mass is 372 g/mol. The van der Waals surface area contributed by atoms with E-state index in [2.05, 4.69) is 9.97 Å². The summed E-state index contributed by atoms with van der Waals surface area (Å²) >= 11 is 0. The van der Waals surface area contributed by atoms with Gasteiger partial charge in [-0.15, -0.1) is 0 Å². The van der Waals surface area contributed by atoms with Crippen LogP contribution in [0.5, 0.6) is 0 Å². The number of aromatic nitrogens is 3. The van der Waals surface area contributed by atoms with Gasteiger partial charge >= 0.3 is 0 Å². The third-order valence-corrected chi connectivity index (χ3v) is 4.46. The van der Waals surface area contributed by atoms with E-state index in [-0.39, 0.29) is 5.56 Å². The number of nitrogens with zero attached hydrogens (tertiary/aromatic N) is 3. The van der Waals surface area contributed by atoms with E-state index < -0.39 is 5.91 Å². The molecule has 2 aromatic carbocycles. The summed E-state index contributed by atoms with van der Waals surface area (Å²) in [5.74, 6) is -0.585. The second kappa shape index (κ2) is 7.42. The summed E-state index contributed by atoms with van der Waals surface area (Å²) in [4.78, 5) is 33.2. The van der Waals surface area contributed by atoms with Gasteiger partial charge in [0.05, 0.1) is 17.6 Å². The average Bonchev–Trinajstić information content (AvgIpc) is 2.76. The molecular weight excluding hydrogens is 356 g/mol. The van der Waals surface area contributed by atoms with Gasteiger partial charge in [-0.1, -0.05) is 24.3 Å². The SMILES string of the molecule is O=C(NO)c1ccc(Cn2c(=O)c(-c3ccncc3)nc3ccccc32)cc1. The summed E-state index contributed by atoms with van der Waals surface area (Å²) in [7, 11) is 0. The van der Waals surface area contributed by atoms with Crippen LogP contribution in [0.2, 0.25) is 0 Å². The van der Waals surface area contributed by atoms with Crippen molar-refractivity contribution in [2.75, 3.05) is 0 Å². The molecule has 2 heterocycles. The van der Waals surface area contributed by atoms with Gasteiger partial charge in [0.15, 0.2) is 0 Å². The predicted octanol–water partition coefficient (Wildman–Crippen LogP) is 2.63. The zero-order chi connectivity index (χ0) is 19.5. The van der Waals surface area contributed by atoms with Crippen LogP contribution in [0.1, 0.15) is 15.9 Å². The van der Waals surface area contributed by atoms with Crippen LogP contribution in [0.25, 0.3) is 22.3 Å². The Balaban J connectivity index is 1.83. The number of para-hydroxylation sites is 2. The Morgan fingerprint density at radius 2 is 1.71 bits per heavy atom. The molecule has 0 radical (unpaired) electrons. The van der Waals surface area contributed by atoms with Crippen molar-refractivity contribution in [1.29, 1.82) is 0 Å². The van der Waals surface area contributed by atoms with Crippen LogP contribution in [0, 0.1) is 0 Å². The molecule has 0 saturated heterocycles. The molecule has 0 aliphatic heterocycles. The molecule has 2 aromatic heterocycles. The van der Waals surface area contributed by atoms with Gasteiger partial charge in [0.2, 0.25) is 0 Å². The van der Waals surface area contributed by atoms with E-state index in [4.69, 9.17) is 5.21 Å². The van der Waals surface area contributed by atoms with Crippen LogP contribution in [0.4, 0.5) is 0 Å². The number of hydrogen-bond acceptors (Lipinski definition) is 5. The number of amides is 1. The Bertz CT molecular complexity index is 1200. The minimum absolute atomic E-state index is 0.206. The first-order valence-corrected chi connectivity index (χ1v) is 8.61. The van der Waals surface area contributed by atoms with E-state index in [9.17, 15) is 9.59 Å². The van der Waals surface area contributed by atoms with Gasteiger partial charge in [0.1, 0.15) is 5.69 Å².